The van der Waals surface area contributed by atoms with Crippen molar-refractivity contribution < 1.29 is 4.79 Å². The van der Waals surface area contributed by atoms with Crippen LogP contribution in [-0.2, 0) is 4.79 Å². The Labute approximate surface area is 85.8 Å². The third kappa shape index (κ3) is 1.92. The Balaban J connectivity index is 1.81. The molecule has 3 heteroatoms. The van der Waals surface area contributed by atoms with E-state index in [2.05, 4.69) is 24.1 Å². The number of amides is 1. The molecule has 1 N–H and O–H groups in total. The summed E-state index contributed by atoms with van der Waals surface area (Å²) in [5, 5.41) is 3.19. The van der Waals surface area contributed by atoms with Crippen LogP contribution in [0.5, 0.6) is 0 Å². The molecule has 3 nitrogen and oxygen atoms in total. The highest BCUT2D eigenvalue weighted by molar-refractivity contribution is 5.79. The van der Waals surface area contributed by atoms with E-state index in [0.29, 0.717) is 24.5 Å². The van der Waals surface area contributed by atoms with Gasteiger partial charge >= 0.3 is 0 Å². The molecule has 80 valence electrons. The Morgan fingerprint density at radius 2 is 2.29 bits per heavy atom. The van der Waals surface area contributed by atoms with Gasteiger partial charge in [0.1, 0.15) is 0 Å². The van der Waals surface area contributed by atoms with Crippen molar-refractivity contribution in [3.63, 3.8) is 0 Å². The molecule has 0 spiro atoms. The summed E-state index contributed by atoms with van der Waals surface area (Å²) >= 11 is 0. The lowest BCUT2D eigenvalue weighted by Gasteiger charge is -2.27. The second-order valence-corrected chi connectivity index (χ2v) is 4.91. The molecule has 1 heterocycles. The van der Waals surface area contributed by atoms with Gasteiger partial charge in [0.05, 0.1) is 6.54 Å². The van der Waals surface area contributed by atoms with Crippen LogP contribution in [0.2, 0.25) is 0 Å². The number of rotatable bonds is 3. The summed E-state index contributed by atoms with van der Waals surface area (Å²) < 4.78 is 0. The number of likely N-dealkylation sites (tertiary alicyclic amines) is 1. The summed E-state index contributed by atoms with van der Waals surface area (Å²) in [6, 6.07) is 0.972. The van der Waals surface area contributed by atoms with Crippen LogP contribution in [0.1, 0.15) is 33.1 Å². The van der Waals surface area contributed by atoms with Crippen molar-refractivity contribution in [2.75, 3.05) is 13.1 Å². The molecule has 1 saturated heterocycles. The topological polar surface area (TPSA) is 32.3 Å². The molecule has 0 aromatic rings. The van der Waals surface area contributed by atoms with E-state index < -0.39 is 0 Å². The smallest absolute Gasteiger partial charge is 0.236 e. The lowest BCUT2D eigenvalue weighted by Crippen LogP contribution is -2.43. The fourth-order valence-corrected chi connectivity index (χ4v) is 2.62. The molecular weight excluding hydrogens is 176 g/mol. The molecule has 0 aromatic heterocycles. The van der Waals surface area contributed by atoms with Crippen molar-refractivity contribution in [1.29, 1.82) is 0 Å². The fraction of sp³-hybridized carbons (Fsp3) is 0.909. The summed E-state index contributed by atoms with van der Waals surface area (Å²) in [5.41, 5.74) is 0. The summed E-state index contributed by atoms with van der Waals surface area (Å²) in [5.74, 6) is 1.11. The van der Waals surface area contributed by atoms with Gasteiger partial charge in [0.25, 0.3) is 0 Å². The van der Waals surface area contributed by atoms with E-state index in [-0.39, 0.29) is 0 Å². The molecule has 0 aromatic carbocycles. The van der Waals surface area contributed by atoms with Gasteiger partial charge in [0.15, 0.2) is 0 Å². The van der Waals surface area contributed by atoms with Crippen molar-refractivity contribution in [3.8, 4) is 0 Å². The van der Waals surface area contributed by atoms with Crippen LogP contribution in [0, 0.1) is 5.92 Å². The molecule has 2 aliphatic rings. The SMILES string of the molecule is CC(C)NCC(=O)N1CC2CCC1C2. The first-order valence-electron chi connectivity index (χ1n) is 5.69. The van der Waals surface area contributed by atoms with Crippen LogP contribution in [0.4, 0.5) is 0 Å². The predicted octanol–water partition coefficient (Wildman–Crippen LogP) is 0.995. The first-order valence-corrected chi connectivity index (χ1v) is 5.69. The normalized spacial score (nSPS) is 30.4. The van der Waals surface area contributed by atoms with Crippen molar-refractivity contribution >= 4 is 5.91 Å². The van der Waals surface area contributed by atoms with E-state index in [1.54, 1.807) is 0 Å². The van der Waals surface area contributed by atoms with Crippen LogP contribution in [-0.4, -0.2) is 36.0 Å². The van der Waals surface area contributed by atoms with E-state index in [1.165, 1.54) is 19.3 Å². The molecule has 2 fully saturated rings. The summed E-state index contributed by atoms with van der Waals surface area (Å²) in [6.45, 7) is 5.68. The van der Waals surface area contributed by atoms with Gasteiger partial charge in [0.2, 0.25) is 5.91 Å². The molecule has 0 radical (unpaired) electrons. The number of nitrogens with one attached hydrogen (secondary N) is 1. The quantitative estimate of drug-likeness (QED) is 0.730. The first kappa shape index (κ1) is 9.97. The van der Waals surface area contributed by atoms with Gasteiger partial charge in [-0.3, -0.25) is 4.79 Å². The summed E-state index contributed by atoms with van der Waals surface area (Å²) in [7, 11) is 0. The number of hydrogen-bond donors (Lipinski definition) is 1. The van der Waals surface area contributed by atoms with Crippen molar-refractivity contribution in [1.82, 2.24) is 10.2 Å². The van der Waals surface area contributed by atoms with Crippen LogP contribution in [0.15, 0.2) is 0 Å². The molecule has 1 aliphatic heterocycles. The molecule has 2 unspecified atom stereocenters. The Bertz CT molecular complexity index is 227. The van der Waals surface area contributed by atoms with Crippen molar-refractivity contribution in [2.24, 2.45) is 5.92 Å². The van der Waals surface area contributed by atoms with Crippen LogP contribution in [0.3, 0.4) is 0 Å². The van der Waals surface area contributed by atoms with Crippen LogP contribution >= 0.6 is 0 Å². The number of piperidine rings is 1. The van der Waals surface area contributed by atoms with E-state index in [1.807, 2.05) is 0 Å². The average Bonchev–Trinajstić information content (AvgIpc) is 2.74. The van der Waals surface area contributed by atoms with Gasteiger partial charge in [-0.05, 0) is 25.2 Å². The Morgan fingerprint density at radius 1 is 1.50 bits per heavy atom. The molecule has 2 bridgehead atoms. The predicted molar refractivity (Wildman–Crippen MR) is 56.0 cm³/mol. The molecule has 14 heavy (non-hydrogen) atoms. The zero-order chi connectivity index (χ0) is 10.1. The number of fused-ring (bicyclic) bond motifs is 2. The van der Waals surface area contributed by atoms with Crippen LogP contribution < -0.4 is 5.32 Å². The number of carbonyl (C=O) groups is 1. The molecule has 2 atom stereocenters. The maximum absolute atomic E-state index is 11.8. The van der Waals surface area contributed by atoms with Crippen LogP contribution in [0.25, 0.3) is 0 Å². The third-order valence-electron chi connectivity index (χ3n) is 3.39. The largest absolute Gasteiger partial charge is 0.338 e. The van der Waals surface area contributed by atoms with E-state index in [0.717, 1.165) is 12.5 Å². The minimum Gasteiger partial charge on any atom is -0.338 e. The van der Waals surface area contributed by atoms with Crippen molar-refractivity contribution in [3.05, 3.63) is 0 Å². The van der Waals surface area contributed by atoms with Gasteiger partial charge in [-0.25, -0.2) is 0 Å². The highest BCUT2D eigenvalue weighted by Gasteiger charge is 2.39. The summed E-state index contributed by atoms with van der Waals surface area (Å²) in [4.78, 5) is 13.9. The molecule has 1 amide bonds. The zero-order valence-corrected chi connectivity index (χ0v) is 9.12. The van der Waals surface area contributed by atoms with E-state index in [4.69, 9.17) is 0 Å². The Morgan fingerprint density at radius 3 is 2.79 bits per heavy atom. The first-order chi connectivity index (χ1) is 6.66. The minimum atomic E-state index is 0.297. The van der Waals surface area contributed by atoms with Gasteiger partial charge < -0.3 is 10.2 Å². The number of nitrogens with zero attached hydrogens (tertiary/aromatic N) is 1. The molecular formula is C11H20N2O. The average molecular weight is 196 g/mol. The second-order valence-electron chi connectivity index (χ2n) is 4.91. The van der Waals surface area contributed by atoms with Gasteiger partial charge in [-0.2, -0.15) is 0 Å². The second kappa shape index (κ2) is 3.89. The maximum Gasteiger partial charge on any atom is 0.236 e. The van der Waals surface area contributed by atoms with Crippen molar-refractivity contribution in [2.45, 2.75) is 45.2 Å². The zero-order valence-electron chi connectivity index (χ0n) is 9.12. The van der Waals surface area contributed by atoms with Gasteiger partial charge in [-0.15, -0.1) is 0 Å². The molecule has 2 rings (SSSR count). The van der Waals surface area contributed by atoms with E-state index in [9.17, 15) is 4.79 Å². The molecule has 1 saturated carbocycles. The Hall–Kier alpha value is -0.570. The highest BCUT2D eigenvalue weighted by Crippen LogP contribution is 2.37. The monoisotopic (exact) mass is 196 g/mol. The molecule has 1 aliphatic carbocycles. The fourth-order valence-electron chi connectivity index (χ4n) is 2.62. The highest BCUT2D eigenvalue weighted by atomic mass is 16.2. The standard InChI is InChI=1S/C11H20N2O/c1-8(2)12-6-11(14)13-7-9-3-4-10(13)5-9/h8-10,12H,3-7H2,1-2H3. The number of carbonyl (C=O) groups excluding carboxylic acids is 1. The number of hydrogen-bond acceptors (Lipinski definition) is 2. The van der Waals surface area contributed by atoms with Gasteiger partial charge in [0, 0.05) is 18.6 Å². The maximum atomic E-state index is 11.8. The van der Waals surface area contributed by atoms with E-state index >= 15 is 0 Å². The van der Waals surface area contributed by atoms with Gasteiger partial charge in [-0.1, -0.05) is 13.8 Å². The Kier molecular flexibility index (Phi) is 2.77. The lowest BCUT2D eigenvalue weighted by molar-refractivity contribution is -0.131. The lowest BCUT2D eigenvalue weighted by atomic mass is 10.1. The minimum absolute atomic E-state index is 0.297. The summed E-state index contributed by atoms with van der Waals surface area (Å²) in [6.07, 6.45) is 3.83. The third-order valence-corrected chi connectivity index (χ3v) is 3.39.